The average Bonchev–Trinajstić information content (AvgIpc) is 2.22. The van der Waals surface area contributed by atoms with E-state index >= 15 is 0 Å². The highest BCUT2D eigenvalue weighted by atomic mass is 16.5. The molecule has 2 nitrogen and oxygen atoms in total. The van der Waals surface area contributed by atoms with Crippen molar-refractivity contribution in [3.63, 3.8) is 0 Å². The molecular weight excluding hydrogens is 174 g/mol. The van der Waals surface area contributed by atoms with E-state index in [4.69, 9.17) is 10.00 Å². The van der Waals surface area contributed by atoms with E-state index in [9.17, 15) is 0 Å². The minimum Gasteiger partial charge on any atom is -0.351 e. The molecule has 0 spiro atoms. The first-order valence-corrected chi connectivity index (χ1v) is 5.32. The predicted molar refractivity (Wildman–Crippen MR) is 57.6 cm³/mol. The molecule has 0 heterocycles. The van der Waals surface area contributed by atoms with Crippen LogP contribution in [0.1, 0.15) is 46.0 Å². The maximum Gasteiger partial charge on any atom is 0.145 e. The molecule has 0 aliphatic carbocycles. The van der Waals surface area contributed by atoms with Crippen molar-refractivity contribution < 1.29 is 4.74 Å². The first-order chi connectivity index (χ1) is 6.85. The van der Waals surface area contributed by atoms with Crippen LogP contribution in [0.4, 0.5) is 0 Å². The van der Waals surface area contributed by atoms with E-state index < -0.39 is 0 Å². The van der Waals surface area contributed by atoms with Gasteiger partial charge in [-0.25, -0.2) is 0 Å². The molecule has 0 amide bonds. The lowest BCUT2D eigenvalue weighted by molar-refractivity contribution is 0.110. The highest BCUT2D eigenvalue weighted by molar-refractivity contribution is 4.99. The van der Waals surface area contributed by atoms with Crippen LogP contribution < -0.4 is 0 Å². The smallest absolute Gasteiger partial charge is 0.145 e. The van der Waals surface area contributed by atoms with Crippen LogP contribution in [0.25, 0.3) is 0 Å². The lowest BCUT2D eigenvalue weighted by Gasteiger charge is -2.06. The van der Waals surface area contributed by atoms with Crippen molar-refractivity contribution in [1.82, 2.24) is 0 Å². The van der Waals surface area contributed by atoms with Crippen LogP contribution >= 0.6 is 0 Å². The Kier molecular flexibility index (Phi) is 9.38. The van der Waals surface area contributed by atoms with Gasteiger partial charge in [0.15, 0.2) is 0 Å². The fraction of sp³-hybridized carbons (Fsp3) is 0.750. The van der Waals surface area contributed by atoms with Crippen molar-refractivity contribution >= 4 is 0 Å². The monoisotopic (exact) mass is 193 g/mol. The van der Waals surface area contributed by atoms with Crippen LogP contribution in [-0.2, 0) is 4.74 Å². The molecule has 0 fully saturated rings. The molecule has 0 saturated heterocycles. The molecular formula is C12H19NO. The molecule has 0 aromatic heterocycles. The van der Waals surface area contributed by atoms with Crippen LogP contribution in [0.3, 0.4) is 0 Å². The van der Waals surface area contributed by atoms with Crippen LogP contribution in [0.15, 0.2) is 0 Å². The van der Waals surface area contributed by atoms with Gasteiger partial charge in [-0.2, -0.15) is 5.26 Å². The minimum absolute atomic E-state index is 0.272. The first-order valence-electron chi connectivity index (χ1n) is 5.32. The zero-order valence-corrected chi connectivity index (χ0v) is 9.18. The fourth-order valence-electron chi connectivity index (χ4n) is 0.981. The third kappa shape index (κ3) is 7.65. The number of hydrogen-bond donors (Lipinski definition) is 0. The summed E-state index contributed by atoms with van der Waals surface area (Å²) in [7, 11) is 0. The van der Waals surface area contributed by atoms with E-state index in [0.717, 1.165) is 32.1 Å². The van der Waals surface area contributed by atoms with Gasteiger partial charge < -0.3 is 4.74 Å². The van der Waals surface area contributed by atoms with Crippen LogP contribution in [0.5, 0.6) is 0 Å². The third-order valence-electron chi connectivity index (χ3n) is 1.82. The molecule has 0 aliphatic rings. The maximum absolute atomic E-state index is 8.73. The van der Waals surface area contributed by atoms with E-state index in [1.807, 2.05) is 0 Å². The van der Waals surface area contributed by atoms with Crippen LogP contribution in [-0.4, -0.2) is 12.7 Å². The Hall–Kier alpha value is -0.990. The Morgan fingerprint density at radius 3 is 2.57 bits per heavy atom. The van der Waals surface area contributed by atoms with Gasteiger partial charge in [0.2, 0.25) is 0 Å². The van der Waals surface area contributed by atoms with Crippen molar-refractivity contribution in [3.8, 4) is 17.9 Å². The highest BCUT2D eigenvalue weighted by Crippen LogP contribution is 2.03. The van der Waals surface area contributed by atoms with Gasteiger partial charge in [0.1, 0.15) is 12.7 Å². The lowest BCUT2D eigenvalue weighted by atomic mass is 10.2. The number of rotatable bonds is 6. The van der Waals surface area contributed by atoms with Gasteiger partial charge in [-0.05, 0) is 12.8 Å². The molecule has 0 rings (SSSR count). The van der Waals surface area contributed by atoms with Crippen molar-refractivity contribution in [1.29, 1.82) is 5.26 Å². The van der Waals surface area contributed by atoms with E-state index in [-0.39, 0.29) is 6.10 Å². The Labute approximate surface area is 87.3 Å². The molecule has 14 heavy (non-hydrogen) atoms. The van der Waals surface area contributed by atoms with Crippen LogP contribution in [0.2, 0.25) is 0 Å². The summed E-state index contributed by atoms with van der Waals surface area (Å²) in [6.45, 7) is 4.59. The summed E-state index contributed by atoms with van der Waals surface area (Å²) >= 11 is 0. The maximum atomic E-state index is 8.73. The number of hydrogen-bond acceptors (Lipinski definition) is 2. The number of unbranched alkanes of at least 4 members (excludes halogenated alkanes) is 2. The van der Waals surface area contributed by atoms with E-state index in [1.54, 1.807) is 0 Å². The molecule has 0 radical (unpaired) electrons. The number of ether oxygens (including phenoxy) is 1. The SMILES string of the molecule is CCCC#CCOC(C#N)CCCC. The van der Waals surface area contributed by atoms with Crippen molar-refractivity contribution in [2.75, 3.05) is 6.61 Å². The summed E-state index contributed by atoms with van der Waals surface area (Å²) in [6.07, 6.45) is 4.68. The molecule has 0 N–H and O–H groups in total. The Morgan fingerprint density at radius 1 is 1.21 bits per heavy atom. The Bertz CT molecular complexity index is 219. The predicted octanol–water partition coefficient (Wildman–Crippen LogP) is 2.89. The molecule has 0 aromatic rings. The summed E-state index contributed by atoms with van der Waals surface area (Å²) in [4.78, 5) is 0. The lowest BCUT2D eigenvalue weighted by Crippen LogP contribution is -2.10. The fourth-order valence-corrected chi connectivity index (χ4v) is 0.981. The first kappa shape index (κ1) is 13.0. The average molecular weight is 193 g/mol. The molecule has 0 saturated carbocycles. The number of nitriles is 1. The van der Waals surface area contributed by atoms with Gasteiger partial charge in [0.25, 0.3) is 0 Å². The van der Waals surface area contributed by atoms with Crippen molar-refractivity contribution in [2.45, 2.75) is 52.1 Å². The van der Waals surface area contributed by atoms with E-state index in [2.05, 4.69) is 31.8 Å². The molecule has 78 valence electrons. The van der Waals surface area contributed by atoms with Gasteiger partial charge in [-0.15, -0.1) is 5.92 Å². The largest absolute Gasteiger partial charge is 0.351 e. The molecule has 0 aromatic carbocycles. The third-order valence-corrected chi connectivity index (χ3v) is 1.82. The zero-order chi connectivity index (χ0) is 10.6. The molecule has 2 heteroatoms. The van der Waals surface area contributed by atoms with Gasteiger partial charge in [-0.3, -0.25) is 0 Å². The molecule has 0 aliphatic heterocycles. The second-order valence-corrected chi connectivity index (χ2v) is 3.17. The van der Waals surface area contributed by atoms with Crippen molar-refractivity contribution in [3.05, 3.63) is 0 Å². The van der Waals surface area contributed by atoms with Crippen LogP contribution in [0, 0.1) is 23.2 Å². The number of nitrogens with zero attached hydrogens (tertiary/aromatic N) is 1. The molecule has 1 unspecified atom stereocenters. The van der Waals surface area contributed by atoms with E-state index in [0.29, 0.717) is 6.61 Å². The summed E-state index contributed by atoms with van der Waals surface area (Å²) in [5.74, 6) is 5.89. The summed E-state index contributed by atoms with van der Waals surface area (Å²) in [5.41, 5.74) is 0. The summed E-state index contributed by atoms with van der Waals surface area (Å²) in [6, 6.07) is 2.14. The van der Waals surface area contributed by atoms with Crippen molar-refractivity contribution in [2.24, 2.45) is 0 Å². The molecule has 0 bridgehead atoms. The van der Waals surface area contributed by atoms with Gasteiger partial charge in [-0.1, -0.05) is 32.6 Å². The second kappa shape index (κ2) is 10.1. The second-order valence-electron chi connectivity index (χ2n) is 3.17. The van der Waals surface area contributed by atoms with Gasteiger partial charge in [0.05, 0.1) is 6.07 Å². The standard InChI is InChI=1S/C12H19NO/c1-3-5-7-8-10-14-12(11-13)9-6-4-2/h12H,3-6,9-10H2,1-2H3. The summed E-state index contributed by atoms with van der Waals surface area (Å²) in [5, 5.41) is 8.73. The van der Waals surface area contributed by atoms with E-state index in [1.165, 1.54) is 0 Å². The molecule has 1 atom stereocenters. The Balaban J connectivity index is 3.54. The Morgan fingerprint density at radius 2 is 2.00 bits per heavy atom. The highest BCUT2D eigenvalue weighted by Gasteiger charge is 2.04. The quantitative estimate of drug-likeness (QED) is 0.608. The summed E-state index contributed by atoms with van der Waals surface area (Å²) < 4.78 is 5.31. The normalized spacial score (nSPS) is 11.2. The van der Waals surface area contributed by atoms with Gasteiger partial charge in [0, 0.05) is 6.42 Å². The van der Waals surface area contributed by atoms with Gasteiger partial charge >= 0.3 is 0 Å². The minimum atomic E-state index is -0.272. The zero-order valence-electron chi connectivity index (χ0n) is 9.18. The topological polar surface area (TPSA) is 33.0 Å².